The van der Waals surface area contributed by atoms with Crippen LogP contribution in [-0.2, 0) is 14.8 Å². The van der Waals surface area contributed by atoms with Gasteiger partial charge in [-0.25, -0.2) is 12.8 Å². The van der Waals surface area contributed by atoms with Crippen molar-refractivity contribution in [3.8, 4) is 0 Å². The Morgan fingerprint density at radius 1 is 1.12 bits per heavy atom. The number of carbonyl (C=O) groups excluding carboxylic acids is 1. The maximum Gasteiger partial charge on any atom is 0.247 e. The van der Waals surface area contributed by atoms with Crippen LogP contribution in [-0.4, -0.2) is 26.6 Å². The van der Waals surface area contributed by atoms with Crippen LogP contribution in [0.15, 0.2) is 42.5 Å². The molecule has 0 aliphatic carbocycles. The van der Waals surface area contributed by atoms with Gasteiger partial charge in [-0.2, -0.15) is 0 Å². The van der Waals surface area contributed by atoms with Gasteiger partial charge >= 0.3 is 0 Å². The lowest BCUT2D eigenvalue weighted by atomic mass is 10.1. The highest BCUT2D eigenvalue weighted by molar-refractivity contribution is 7.92. The molecule has 0 radical (unpaired) electrons. The third-order valence-electron chi connectivity index (χ3n) is 3.93. The highest BCUT2D eigenvalue weighted by Crippen LogP contribution is 2.23. The monoisotopic (exact) mass is 364 g/mol. The lowest BCUT2D eigenvalue weighted by Gasteiger charge is -2.28. The summed E-state index contributed by atoms with van der Waals surface area (Å²) in [6.07, 6.45) is 0.984. The Hall–Kier alpha value is -2.41. The summed E-state index contributed by atoms with van der Waals surface area (Å²) in [4.78, 5) is 12.5. The Labute approximate surface area is 147 Å². The van der Waals surface area contributed by atoms with Gasteiger partial charge in [0.2, 0.25) is 15.9 Å². The molecule has 134 valence electrons. The molecule has 7 heteroatoms. The Bertz CT molecular complexity index is 897. The predicted molar refractivity (Wildman–Crippen MR) is 97.7 cm³/mol. The van der Waals surface area contributed by atoms with E-state index in [1.54, 1.807) is 6.07 Å². The van der Waals surface area contributed by atoms with Crippen LogP contribution >= 0.6 is 0 Å². The Kier molecular flexibility index (Phi) is 5.47. The summed E-state index contributed by atoms with van der Waals surface area (Å²) in [7, 11) is -3.78. The topological polar surface area (TPSA) is 66.5 Å². The first-order valence-electron chi connectivity index (χ1n) is 7.72. The number of rotatable bonds is 5. The van der Waals surface area contributed by atoms with Gasteiger partial charge in [0.05, 0.1) is 11.9 Å². The van der Waals surface area contributed by atoms with Crippen molar-refractivity contribution in [2.75, 3.05) is 15.9 Å². The van der Waals surface area contributed by atoms with Crippen LogP contribution in [0, 0.1) is 19.7 Å². The van der Waals surface area contributed by atoms with Crippen molar-refractivity contribution in [1.82, 2.24) is 0 Å². The Morgan fingerprint density at radius 2 is 1.80 bits per heavy atom. The number of benzene rings is 2. The third-order valence-corrected chi connectivity index (χ3v) is 5.17. The molecule has 2 rings (SSSR count). The lowest BCUT2D eigenvalue weighted by molar-refractivity contribution is -0.116. The number of nitrogens with one attached hydrogen (secondary N) is 1. The molecule has 5 nitrogen and oxygen atoms in total. The first-order valence-corrected chi connectivity index (χ1v) is 9.57. The summed E-state index contributed by atoms with van der Waals surface area (Å²) in [5.41, 5.74) is 2.78. The molecule has 0 heterocycles. The number of amides is 1. The number of nitrogens with zero attached hydrogens (tertiary/aromatic N) is 1. The maximum atomic E-state index is 13.5. The zero-order valence-electron chi connectivity index (χ0n) is 14.6. The second kappa shape index (κ2) is 7.23. The average molecular weight is 364 g/mol. The molecule has 1 N–H and O–H groups in total. The molecule has 0 saturated carbocycles. The summed E-state index contributed by atoms with van der Waals surface area (Å²) >= 11 is 0. The minimum Gasteiger partial charge on any atom is -0.324 e. The van der Waals surface area contributed by atoms with Crippen molar-refractivity contribution in [3.05, 3.63) is 59.4 Å². The fourth-order valence-electron chi connectivity index (χ4n) is 2.49. The number of aryl methyl sites for hydroxylation is 2. The van der Waals surface area contributed by atoms with E-state index in [0.717, 1.165) is 27.8 Å². The predicted octanol–water partition coefficient (Wildman–Crippen LogP) is 3.24. The first-order chi connectivity index (χ1) is 11.6. The quantitative estimate of drug-likeness (QED) is 0.886. The number of halogens is 1. The summed E-state index contributed by atoms with van der Waals surface area (Å²) in [5.74, 6) is -1.08. The van der Waals surface area contributed by atoms with Gasteiger partial charge in [0.1, 0.15) is 11.9 Å². The lowest BCUT2D eigenvalue weighted by Crippen LogP contribution is -2.45. The largest absolute Gasteiger partial charge is 0.324 e. The fraction of sp³-hybridized carbons (Fsp3) is 0.278. The van der Waals surface area contributed by atoms with Gasteiger partial charge in [0.15, 0.2) is 0 Å². The SMILES string of the molecule is Cc1ccc(NC(=O)[C@@H](C)N(c2cccc(F)c2)S(C)(=O)=O)cc1C. The van der Waals surface area contributed by atoms with Crippen LogP contribution in [0.3, 0.4) is 0 Å². The smallest absolute Gasteiger partial charge is 0.247 e. The van der Waals surface area contributed by atoms with Crippen molar-refractivity contribution in [2.45, 2.75) is 26.8 Å². The number of hydrogen-bond donors (Lipinski definition) is 1. The van der Waals surface area contributed by atoms with Crippen molar-refractivity contribution < 1.29 is 17.6 Å². The van der Waals surface area contributed by atoms with Crippen molar-refractivity contribution in [3.63, 3.8) is 0 Å². The van der Waals surface area contributed by atoms with Crippen LogP contribution in [0.1, 0.15) is 18.1 Å². The second-order valence-corrected chi connectivity index (χ2v) is 7.86. The minimum absolute atomic E-state index is 0.102. The molecule has 0 saturated heterocycles. The maximum absolute atomic E-state index is 13.5. The summed E-state index contributed by atoms with van der Waals surface area (Å²) in [6, 6.07) is 9.53. The number of hydrogen-bond acceptors (Lipinski definition) is 3. The molecule has 25 heavy (non-hydrogen) atoms. The van der Waals surface area contributed by atoms with E-state index in [9.17, 15) is 17.6 Å². The highest BCUT2D eigenvalue weighted by atomic mass is 32.2. The van der Waals surface area contributed by atoms with Crippen molar-refractivity contribution in [1.29, 1.82) is 0 Å². The number of carbonyl (C=O) groups is 1. The Morgan fingerprint density at radius 3 is 2.36 bits per heavy atom. The molecule has 0 spiro atoms. The summed E-state index contributed by atoms with van der Waals surface area (Å²) in [5, 5.41) is 2.71. The molecule has 0 aliphatic rings. The normalized spacial score (nSPS) is 12.5. The summed E-state index contributed by atoms with van der Waals surface area (Å²) in [6.45, 7) is 5.34. The molecule has 0 unspecified atom stereocenters. The van der Waals surface area contributed by atoms with Crippen LogP contribution in [0.2, 0.25) is 0 Å². The van der Waals surface area contributed by atoms with Gasteiger partial charge in [0.25, 0.3) is 0 Å². The van der Waals surface area contributed by atoms with Crippen LogP contribution in [0.5, 0.6) is 0 Å². The first kappa shape index (κ1) is 18.9. The molecule has 1 atom stereocenters. The van der Waals surface area contributed by atoms with E-state index in [-0.39, 0.29) is 5.69 Å². The van der Waals surface area contributed by atoms with Crippen LogP contribution in [0.25, 0.3) is 0 Å². The van der Waals surface area contributed by atoms with Crippen LogP contribution < -0.4 is 9.62 Å². The molecular weight excluding hydrogens is 343 g/mol. The van der Waals surface area contributed by atoms with E-state index in [4.69, 9.17) is 0 Å². The molecule has 0 aliphatic heterocycles. The zero-order chi connectivity index (χ0) is 18.8. The fourth-order valence-corrected chi connectivity index (χ4v) is 3.65. The molecule has 0 bridgehead atoms. The van der Waals surface area contributed by atoms with Gasteiger partial charge < -0.3 is 5.32 Å². The van der Waals surface area contributed by atoms with E-state index < -0.39 is 27.8 Å². The van der Waals surface area contributed by atoms with E-state index in [1.807, 2.05) is 26.0 Å². The highest BCUT2D eigenvalue weighted by Gasteiger charge is 2.29. The standard InChI is InChI=1S/C18H21FN2O3S/c1-12-8-9-16(10-13(12)2)20-18(22)14(3)21(25(4,23)24)17-7-5-6-15(19)11-17/h5-11,14H,1-4H3,(H,20,22)/t14-/m1/s1. The minimum atomic E-state index is -3.78. The van der Waals surface area contributed by atoms with Crippen molar-refractivity contribution >= 4 is 27.3 Å². The summed E-state index contributed by atoms with van der Waals surface area (Å²) < 4.78 is 38.7. The van der Waals surface area contributed by atoms with Gasteiger partial charge in [-0.05, 0) is 62.2 Å². The molecular formula is C18H21FN2O3S. The van der Waals surface area contributed by atoms with Gasteiger partial charge in [-0.3, -0.25) is 9.10 Å². The zero-order valence-corrected chi connectivity index (χ0v) is 15.4. The van der Waals surface area contributed by atoms with E-state index in [2.05, 4.69) is 5.32 Å². The second-order valence-electron chi connectivity index (χ2n) is 6.00. The van der Waals surface area contributed by atoms with E-state index in [1.165, 1.54) is 25.1 Å². The molecule has 2 aromatic carbocycles. The number of anilines is 2. The van der Waals surface area contributed by atoms with Gasteiger partial charge in [-0.1, -0.05) is 12.1 Å². The van der Waals surface area contributed by atoms with E-state index in [0.29, 0.717) is 5.69 Å². The van der Waals surface area contributed by atoms with Crippen LogP contribution in [0.4, 0.5) is 15.8 Å². The van der Waals surface area contributed by atoms with Gasteiger partial charge in [-0.15, -0.1) is 0 Å². The van der Waals surface area contributed by atoms with E-state index >= 15 is 0 Å². The third kappa shape index (κ3) is 4.57. The average Bonchev–Trinajstić information content (AvgIpc) is 2.49. The molecule has 0 aromatic heterocycles. The molecule has 0 fully saturated rings. The van der Waals surface area contributed by atoms with Gasteiger partial charge in [0, 0.05) is 5.69 Å². The number of sulfonamides is 1. The van der Waals surface area contributed by atoms with Crippen molar-refractivity contribution in [2.24, 2.45) is 0 Å². The molecule has 1 amide bonds. The Balaban J connectivity index is 2.31. The molecule has 2 aromatic rings.